The van der Waals surface area contributed by atoms with Gasteiger partial charge in [-0.1, -0.05) is 27.2 Å². The van der Waals surface area contributed by atoms with Crippen LogP contribution in [0.4, 0.5) is 5.00 Å². The van der Waals surface area contributed by atoms with Gasteiger partial charge in [-0.05, 0) is 36.2 Å². The summed E-state index contributed by atoms with van der Waals surface area (Å²) in [5.41, 5.74) is 2.17. The minimum Gasteiger partial charge on any atom is -0.379 e. The van der Waals surface area contributed by atoms with Crippen molar-refractivity contribution in [1.29, 1.82) is 5.26 Å². The van der Waals surface area contributed by atoms with Gasteiger partial charge in [0, 0.05) is 18.0 Å². The third kappa shape index (κ3) is 4.11. The maximum absolute atomic E-state index is 12.4. The van der Waals surface area contributed by atoms with Crippen molar-refractivity contribution >= 4 is 22.2 Å². The Balaban J connectivity index is 1.71. The van der Waals surface area contributed by atoms with E-state index in [1.54, 1.807) is 11.3 Å². The molecule has 1 atom stereocenters. The van der Waals surface area contributed by atoms with Gasteiger partial charge < -0.3 is 10.1 Å². The molecule has 6 heteroatoms. The fourth-order valence-electron chi connectivity index (χ4n) is 3.88. The number of rotatable bonds is 5. The van der Waals surface area contributed by atoms with E-state index in [1.165, 1.54) is 10.4 Å². The zero-order valence-corrected chi connectivity index (χ0v) is 16.9. The summed E-state index contributed by atoms with van der Waals surface area (Å²) < 4.78 is 5.32. The molecule has 1 aromatic rings. The number of hydrogen-bond acceptors (Lipinski definition) is 5. The molecule has 0 bridgehead atoms. The largest absolute Gasteiger partial charge is 0.379 e. The first-order chi connectivity index (χ1) is 12.4. The van der Waals surface area contributed by atoms with E-state index in [1.807, 2.05) is 0 Å². The van der Waals surface area contributed by atoms with Crippen LogP contribution in [-0.2, 0) is 22.4 Å². The molecule has 1 saturated heterocycles. The first-order valence-electron chi connectivity index (χ1n) is 9.59. The zero-order valence-electron chi connectivity index (χ0n) is 16.1. The average Bonchev–Trinajstić information content (AvgIpc) is 2.98. The molecule has 0 spiro atoms. The molecule has 26 heavy (non-hydrogen) atoms. The molecule has 1 N–H and O–H groups in total. The number of anilines is 1. The highest BCUT2D eigenvalue weighted by Gasteiger charge is 2.34. The fourth-order valence-corrected chi connectivity index (χ4v) is 5.17. The van der Waals surface area contributed by atoms with Gasteiger partial charge in [0.1, 0.15) is 11.1 Å². The molecular weight excluding hydrogens is 346 g/mol. The summed E-state index contributed by atoms with van der Waals surface area (Å²) in [6.45, 7) is 10.2. The molecule has 2 aliphatic rings. The molecule has 0 radical (unpaired) electrons. The van der Waals surface area contributed by atoms with Gasteiger partial charge in [-0.2, -0.15) is 5.26 Å². The van der Waals surface area contributed by atoms with Crippen LogP contribution in [0.15, 0.2) is 0 Å². The number of nitrogens with one attached hydrogen (secondary N) is 1. The van der Waals surface area contributed by atoms with Gasteiger partial charge in [0.2, 0.25) is 5.91 Å². The molecule has 1 aliphatic carbocycles. The summed E-state index contributed by atoms with van der Waals surface area (Å²) in [5.74, 6) is 0.606. The van der Waals surface area contributed by atoms with E-state index in [9.17, 15) is 10.1 Å². The van der Waals surface area contributed by atoms with Crippen molar-refractivity contribution < 1.29 is 9.53 Å². The lowest BCUT2D eigenvalue weighted by molar-refractivity contribution is -0.118. The van der Waals surface area contributed by atoms with E-state index in [0.717, 1.165) is 43.8 Å². The van der Waals surface area contributed by atoms with Crippen LogP contribution in [0, 0.1) is 22.7 Å². The number of hydrogen-bond donors (Lipinski definition) is 1. The van der Waals surface area contributed by atoms with Gasteiger partial charge in [-0.3, -0.25) is 9.69 Å². The van der Waals surface area contributed by atoms with E-state index in [-0.39, 0.29) is 5.91 Å². The van der Waals surface area contributed by atoms with Crippen molar-refractivity contribution in [3.8, 4) is 6.07 Å². The maximum Gasteiger partial charge on any atom is 0.239 e. The third-order valence-electron chi connectivity index (χ3n) is 6.12. The summed E-state index contributed by atoms with van der Waals surface area (Å²) in [5, 5.41) is 13.4. The number of carbonyl (C=O) groups excluding carboxylic acids is 1. The molecule has 1 aromatic heterocycles. The first kappa shape index (κ1) is 19.3. The second kappa shape index (κ2) is 8.08. The van der Waals surface area contributed by atoms with Gasteiger partial charge in [-0.15, -0.1) is 11.3 Å². The summed E-state index contributed by atoms with van der Waals surface area (Å²) >= 11 is 1.61. The molecule has 1 fully saturated rings. The second-order valence-electron chi connectivity index (χ2n) is 8.04. The van der Waals surface area contributed by atoms with E-state index in [4.69, 9.17) is 4.74 Å². The van der Waals surface area contributed by atoms with Crippen LogP contribution >= 0.6 is 11.3 Å². The van der Waals surface area contributed by atoms with Gasteiger partial charge in [0.25, 0.3) is 0 Å². The summed E-state index contributed by atoms with van der Waals surface area (Å²) in [6.07, 6.45) is 4.25. The van der Waals surface area contributed by atoms with Crippen molar-refractivity contribution in [3.05, 3.63) is 16.0 Å². The average molecular weight is 376 g/mol. The Bertz CT molecular complexity index is 699. The molecule has 1 amide bonds. The van der Waals surface area contributed by atoms with Gasteiger partial charge in [-0.25, -0.2) is 0 Å². The zero-order chi connectivity index (χ0) is 18.7. The van der Waals surface area contributed by atoms with E-state index in [0.29, 0.717) is 36.7 Å². The topological polar surface area (TPSA) is 65.4 Å². The minimum atomic E-state index is -0.0348. The number of carbonyl (C=O) groups is 1. The Morgan fingerprint density at radius 3 is 2.81 bits per heavy atom. The highest BCUT2D eigenvalue weighted by molar-refractivity contribution is 7.16. The molecule has 1 aliphatic heterocycles. The van der Waals surface area contributed by atoms with Crippen LogP contribution in [0.5, 0.6) is 0 Å². The first-order valence-corrected chi connectivity index (χ1v) is 10.4. The van der Waals surface area contributed by atoms with Gasteiger partial charge in [0.05, 0.1) is 25.3 Å². The highest BCUT2D eigenvalue weighted by Crippen LogP contribution is 2.45. The Labute approximate surface area is 160 Å². The summed E-state index contributed by atoms with van der Waals surface area (Å²) in [6, 6.07) is 2.34. The van der Waals surface area contributed by atoms with Crippen LogP contribution in [-0.4, -0.2) is 43.7 Å². The number of fused-ring (bicyclic) bond motifs is 1. The monoisotopic (exact) mass is 375 g/mol. The highest BCUT2D eigenvalue weighted by atomic mass is 32.1. The lowest BCUT2D eigenvalue weighted by atomic mass is 9.69. The van der Waals surface area contributed by atoms with Crippen LogP contribution in [0.1, 0.15) is 49.6 Å². The van der Waals surface area contributed by atoms with Crippen LogP contribution in [0.3, 0.4) is 0 Å². The SMILES string of the molecule is CCC(C)(C)C1CCc2c(sc(NC(=O)CN3CCOCC3)c2C#N)C1. The van der Waals surface area contributed by atoms with E-state index >= 15 is 0 Å². The second-order valence-corrected chi connectivity index (χ2v) is 9.14. The van der Waals surface area contributed by atoms with Crippen LogP contribution in [0.2, 0.25) is 0 Å². The predicted octanol–water partition coefficient (Wildman–Crippen LogP) is 3.43. The number of nitrogens with zero attached hydrogens (tertiary/aromatic N) is 2. The number of ether oxygens (including phenoxy) is 1. The molecule has 3 rings (SSSR count). The van der Waals surface area contributed by atoms with Crippen molar-refractivity contribution in [2.75, 3.05) is 38.2 Å². The van der Waals surface area contributed by atoms with Gasteiger partial charge >= 0.3 is 0 Å². The van der Waals surface area contributed by atoms with Crippen molar-refractivity contribution in [3.63, 3.8) is 0 Å². The fraction of sp³-hybridized carbons (Fsp3) is 0.700. The smallest absolute Gasteiger partial charge is 0.239 e. The normalized spacial score (nSPS) is 21.1. The lowest BCUT2D eigenvalue weighted by Gasteiger charge is -2.36. The Hall–Kier alpha value is -1.42. The Morgan fingerprint density at radius 2 is 2.15 bits per heavy atom. The van der Waals surface area contributed by atoms with Crippen LogP contribution in [0.25, 0.3) is 0 Å². The van der Waals surface area contributed by atoms with Gasteiger partial charge in [0.15, 0.2) is 0 Å². The quantitative estimate of drug-likeness (QED) is 0.856. The summed E-state index contributed by atoms with van der Waals surface area (Å²) in [4.78, 5) is 15.8. The molecule has 1 unspecified atom stereocenters. The minimum absolute atomic E-state index is 0.0348. The molecule has 2 heterocycles. The molecule has 142 valence electrons. The van der Waals surface area contributed by atoms with E-state index < -0.39 is 0 Å². The number of nitriles is 1. The van der Waals surface area contributed by atoms with E-state index in [2.05, 4.69) is 37.1 Å². The number of amides is 1. The number of thiophene rings is 1. The third-order valence-corrected chi connectivity index (χ3v) is 7.29. The molecular formula is C20H29N3O2S. The molecule has 0 aromatic carbocycles. The van der Waals surface area contributed by atoms with Crippen molar-refractivity contribution in [2.45, 2.75) is 46.5 Å². The molecule has 5 nitrogen and oxygen atoms in total. The molecule has 0 saturated carbocycles. The van der Waals surface area contributed by atoms with Crippen molar-refractivity contribution in [2.24, 2.45) is 11.3 Å². The lowest BCUT2D eigenvalue weighted by Crippen LogP contribution is -2.41. The van der Waals surface area contributed by atoms with Crippen molar-refractivity contribution in [1.82, 2.24) is 4.90 Å². The summed E-state index contributed by atoms with van der Waals surface area (Å²) in [7, 11) is 0. The van der Waals surface area contributed by atoms with Crippen LogP contribution < -0.4 is 5.32 Å². The number of morpholine rings is 1. The standard InChI is InChI=1S/C20H29N3O2S/c1-4-20(2,3)14-5-6-15-16(12-21)19(26-17(15)11-14)22-18(24)13-23-7-9-25-10-8-23/h14H,4-11,13H2,1-3H3,(H,22,24). The Kier molecular flexibility index (Phi) is 6.01. The maximum atomic E-state index is 12.4. The Morgan fingerprint density at radius 1 is 1.42 bits per heavy atom. The predicted molar refractivity (Wildman–Crippen MR) is 105 cm³/mol.